The average molecular weight is 686 g/mol. The van der Waals surface area contributed by atoms with E-state index in [2.05, 4.69) is 41.0 Å². The van der Waals surface area contributed by atoms with Crippen LogP contribution >= 0.6 is 21.4 Å². The molecule has 0 atom stereocenters. The van der Waals surface area contributed by atoms with E-state index < -0.39 is 34.8 Å². The van der Waals surface area contributed by atoms with Crippen molar-refractivity contribution in [2.24, 2.45) is 0 Å². The lowest BCUT2D eigenvalue weighted by Gasteiger charge is -2.09. The SMILES string of the molecule is CC(C)n1cc(C(=O)c2ccnc(NS(=O)(=O)c3ccccc3F)c2)c2c(N)ncnc21.Fc1ccccc1.O=S(=O)(Cl)Cl. The van der Waals surface area contributed by atoms with Crippen molar-refractivity contribution in [2.45, 2.75) is 24.8 Å². The summed E-state index contributed by atoms with van der Waals surface area (Å²) >= 11 is 0. The Bertz CT molecular complexity index is 1990. The number of hydrogen-bond acceptors (Lipinski definition) is 9. The molecule has 0 fully saturated rings. The summed E-state index contributed by atoms with van der Waals surface area (Å²) in [5, 5.41) is 0.413. The lowest BCUT2D eigenvalue weighted by atomic mass is 10.0. The van der Waals surface area contributed by atoms with E-state index >= 15 is 0 Å². The molecule has 3 heterocycles. The van der Waals surface area contributed by atoms with Crippen LogP contribution < -0.4 is 10.5 Å². The van der Waals surface area contributed by atoms with Crippen LogP contribution in [0.5, 0.6) is 0 Å². The Hall–Kier alpha value is -4.18. The van der Waals surface area contributed by atoms with Crippen molar-refractivity contribution in [1.82, 2.24) is 19.5 Å². The Kier molecular flexibility index (Phi) is 11.3. The van der Waals surface area contributed by atoms with Crippen LogP contribution in [0.1, 0.15) is 35.8 Å². The zero-order valence-electron chi connectivity index (χ0n) is 22.9. The van der Waals surface area contributed by atoms with Crippen LogP contribution in [0.2, 0.25) is 0 Å². The van der Waals surface area contributed by atoms with Gasteiger partial charge >= 0.3 is 8.26 Å². The maximum absolute atomic E-state index is 14.0. The molecule has 44 heavy (non-hydrogen) atoms. The highest BCUT2D eigenvalue weighted by Gasteiger charge is 2.23. The molecule has 232 valence electrons. The molecule has 5 aromatic rings. The Morgan fingerprint density at radius 3 is 2.11 bits per heavy atom. The van der Waals surface area contributed by atoms with E-state index in [0.29, 0.717) is 11.0 Å². The van der Waals surface area contributed by atoms with E-state index in [1.165, 1.54) is 48.9 Å². The van der Waals surface area contributed by atoms with Gasteiger partial charge in [-0.2, -0.15) is 8.42 Å². The highest BCUT2D eigenvalue weighted by Crippen LogP contribution is 2.29. The maximum atomic E-state index is 14.0. The molecule has 0 bridgehead atoms. The molecule has 0 aliphatic rings. The Morgan fingerprint density at radius 2 is 1.55 bits per heavy atom. The third-order valence-corrected chi connectivity index (χ3v) is 6.95. The van der Waals surface area contributed by atoms with Crippen LogP contribution in [0.25, 0.3) is 11.0 Å². The minimum Gasteiger partial charge on any atom is -0.383 e. The van der Waals surface area contributed by atoms with Gasteiger partial charge < -0.3 is 10.3 Å². The number of rotatable bonds is 6. The second-order valence-electron chi connectivity index (χ2n) is 8.97. The molecule has 0 saturated carbocycles. The lowest BCUT2D eigenvalue weighted by molar-refractivity contribution is 0.104. The molecule has 0 aliphatic heterocycles. The number of nitrogens with two attached hydrogens (primary N) is 1. The van der Waals surface area contributed by atoms with Gasteiger partial charge in [0, 0.05) is 45.4 Å². The molecule has 17 heteroatoms. The van der Waals surface area contributed by atoms with Gasteiger partial charge in [-0.1, -0.05) is 30.3 Å². The van der Waals surface area contributed by atoms with E-state index in [9.17, 15) is 22.0 Å². The smallest absolute Gasteiger partial charge is 0.317 e. The fourth-order valence-corrected chi connectivity index (χ4v) is 4.81. The molecule has 3 aromatic heterocycles. The highest BCUT2D eigenvalue weighted by molar-refractivity contribution is 8.31. The number of halogens is 4. The topological polar surface area (TPSA) is 167 Å². The molecule has 0 saturated heterocycles. The number of ketones is 1. The standard InChI is InChI=1S/C21H19FN6O3S.C6H5F.Cl2O2S/c1-12(2)28-10-14(18-20(23)25-11-26-21(18)28)19(29)13-7-8-24-17(9-13)27-32(30,31)16-6-4-3-5-15(16)22;7-6-4-2-1-3-5-6;1-5(2,3)4/h3-12H,1-2H3,(H,24,27)(H2,23,25,26);1-5H;. The number of aromatic nitrogens is 4. The third kappa shape index (κ3) is 9.41. The molecule has 3 N–H and O–H groups in total. The van der Waals surface area contributed by atoms with Crippen LogP contribution in [0.15, 0.2) is 90.3 Å². The van der Waals surface area contributed by atoms with E-state index in [-0.39, 0.29) is 34.6 Å². The zero-order valence-corrected chi connectivity index (χ0v) is 26.0. The molecule has 5 rings (SSSR count). The highest BCUT2D eigenvalue weighted by atomic mass is 36.0. The van der Waals surface area contributed by atoms with Gasteiger partial charge in [0.25, 0.3) is 10.0 Å². The van der Waals surface area contributed by atoms with Gasteiger partial charge in [-0.05, 0) is 50.2 Å². The Balaban J connectivity index is 0.000000369. The minimum atomic E-state index is -4.24. The number of carbonyl (C=O) groups excluding carboxylic acids is 1. The number of nitrogens with zero attached hydrogens (tertiary/aromatic N) is 4. The summed E-state index contributed by atoms with van der Waals surface area (Å²) in [6.07, 6.45) is 4.26. The largest absolute Gasteiger partial charge is 0.383 e. The second-order valence-corrected chi connectivity index (χ2v) is 14.3. The van der Waals surface area contributed by atoms with Gasteiger partial charge in [0.1, 0.15) is 40.1 Å². The van der Waals surface area contributed by atoms with Gasteiger partial charge in [0.15, 0.2) is 5.78 Å². The van der Waals surface area contributed by atoms with Crippen LogP contribution in [0.3, 0.4) is 0 Å². The Labute approximate surface area is 260 Å². The predicted molar refractivity (Wildman–Crippen MR) is 164 cm³/mol. The normalized spacial score (nSPS) is 11.2. The van der Waals surface area contributed by atoms with Gasteiger partial charge in [-0.25, -0.2) is 32.2 Å². The number of nitrogen functional groups attached to an aromatic ring is 1. The van der Waals surface area contributed by atoms with Crippen LogP contribution in [-0.4, -0.2) is 42.1 Å². The first-order chi connectivity index (χ1) is 20.6. The third-order valence-electron chi connectivity index (χ3n) is 5.56. The number of benzene rings is 2. The maximum Gasteiger partial charge on any atom is 0.317 e. The number of carbonyl (C=O) groups is 1. The molecular weight excluding hydrogens is 661 g/mol. The molecule has 0 radical (unpaired) electrons. The molecule has 0 aliphatic carbocycles. The molecule has 0 unspecified atom stereocenters. The van der Waals surface area contributed by atoms with E-state index in [1.807, 2.05) is 18.4 Å². The summed E-state index contributed by atoms with van der Waals surface area (Å²) in [4.78, 5) is 25.0. The van der Waals surface area contributed by atoms with Gasteiger partial charge in [0.2, 0.25) is 0 Å². The minimum absolute atomic E-state index is 0.00827. The number of anilines is 2. The van der Waals surface area contributed by atoms with Crippen molar-refractivity contribution in [3.05, 3.63) is 108 Å². The summed E-state index contributed by atoms with van der Waals surface area (Å²) in [5.74, 6) is -1.46. The number of hydrogen-bond donors (Lipinski definition) is 2. The van der Waals surface area contributed by atoms with Crippen molar-refractivity contribution in [1.29, 1.82) is 0 Å². The van der Waals surface area contributed by atoms with Crippen molar-refractivity contribution in [3.63, 3.8) is 0 Å². The number of nitrogens with one attached hydrogen (secondary N) is 1. The molecule has 0 spiro atoms. The van der Waals surface area contributed by atoms with E-state index in [4.69, 9.17) is 14.2 Å². The molecule has 2 aromatic carbocycles. The quantitative estimate of drug-likeness (QED) is 0.169. The average Bonchev–Trinajstić information content (AvgIpc) is 3.34. The summed E-state index contributed by atoms with van der Waals surface area (Å²) in [6.45, 7) is 3.88. The number of fused-ring (bicyclic) bond motifs is 1. The monoisotopic (exact) mass is 684 g/mol. The summed E-state index contributed by atoms with van der Waals surface area (Å²) < 4.78 is 73.3. The van der Waals surface area contributed by atoms with Gasteiger partial charge in [-0.15, -0.1) is 0 Å². The molecule has 0 amide bonds. The fourth-order valence-electron chi connectivity index (χ4n) is 3.73. The first-order valence-corrected chi connectivity index (χ1v) is 16.9. The van der Waals surface area contributed by atoms with Crippen LogP contribution in [0, 0.1) is 11.6 Å². The first kappa shape index (κ1) is 34.3. The second kappa shape index (κ2) is 14.5. The van der Waals surface area contributed by atoms with E-state index in [0.717, 1.165) is 12.1 Å². The van der Waals surface area contributed by atoms with Crippen molar-refractivity contribution >= 4 is 68.1 Å². The van der Waals surface area contributed by atoms with Crippen LogP contribution in [0.4, 0.5) is 20.4 Å². The summed E-state index contributed by atoms with van der Waals surface area (Å²) in [7, 11) is 0.571. The fraction of sp³-hybridized carbons (Fsp3) is 0.111. The van der Waals surface area contributed by atoms with E-state index in [1.54, 1.807) is 24.4 Å². The number of pyridine rings is 1. The van der Waals surface area contributed by atoms with Crippen molar-refractivity contribution in [3.8, 4) is 0 Å². The molecular formula is C27H24Cl2F2N6O5S2. The van der Waals surface area contributed by atoms with Crippen LogP contribution in [-0.2, 0) is 18.3 Å². The van der Waals surface area contributed by atoms with Crippen molar-refractivity contribution in [2.75, 3.05) is 10.5 Å². The van der Waals surface area contributed by atoms with Gasteiger partial charge in [-0.3, -0.25) is 9.52 Å². The summed E-state index contributed by atoms with van der Waals surface area (Å²) in [5.41, 5.74) is 6.98. The van der Waals surface area contributed by atoms with Gasteiger partial charge in [0.05, 0.1) is 10.9 Å². The van der Waals surface area contributed by atoms with Crippen molar-refractivity contribution < 1.29 is 30.4 Å². The number of sulfonamides is 1. The molecule has 11 nitrogen and oxygen atoms in total. The summed E-state index contributed by atoms with van der Waals surface area (Å²) in [6, 6.07) is 15.6. The first-order valence-electron chi connectivity index (χ1n) is 12.3. The zero-order chi connectivity index (χ0) is 32.7. The Morgan fingerprint density at radius 1 is 0.932 bits per heavy atom. The predicted octanol–water partition coefficient (Wildman–Crippen LogP) is 5.69. The lowest BCUT2D eigenvalue weighted by Crippen LogP contribution is -2.16.